The molecule has 1 aromatic rings. The Balaban J connectivity index is 2.27. The number of benzene rings is 1. The van der Waals surface area contributed by atoms with Gasteiger partial charge in [0.15, 0.2) is 0 Å². The highest BCUT2D eigenvalue weighted by Crippen LogP contribution is 2.31. The van der Waals surface area contributed by atoms with Gasteiger partial charge in [-0.15, -0.1) is 0 Å². The third-order valence-corrected chi connectivity index (χ3v) is 4.33. The van der Waals surface area contributed by atoms with Crippen LogP contribution < -0.4 is 11.1 Å². The number of nitrogens with one attached hydrogen (secondary N) is 1. The fraction of sp³-hybridized carbons (Fsp3) is 0.562. The number of carbonyl (C=O) groups excluding carboxylic acids is 1. The van der Waals surface area contributed by atoms with Crippen LogP contribution in [0.5, 0.6) is 0 Å². The molecular formula is C16H25N3O. The molecular weight excluding hydrogens is 250 g/mol. The predicted molar refractivity (Wildman–Crippen MR) is 81.2 cm³/mol. The van der Waals surface area contributed by atoms with E-state index in [1.165, 1.54) is 0 Å². The van der Waals surface area contributed by atoms with Crippen LogP contribution in [0.15, 0.2) is 30.3 Å². The molecule has 0 bridgehead atoms. The van der Waals surface area contributed by atoms with E-state index in [1.807, 2.05) is 30.3 Å². The number of likely N-dealkylation sites (tertiary alicyclic amines) is 1. The van der Waals surface area contributed by atoms with Gasteiger partial charge in [-0.3, -0.25) is 4.79 Å². The van der Waals surface area contributed by atoms with E-state index in [-0.39, 0.29) is 5.91 Å². The molecule has 1 aromatic carbocycles. The Morgan fingerprint density at radius 2 is 2.05 bits per heavy atom. The van der Waals surface area contributed by atoms with Crippen LogP contribution in [-0.2, 0) is 10.3 Å². The van der Waals surface area contributed by atoms with Crippen molar-refractivity contribution in [2.75, 3.05) is 26.7 Å². The normalized spacial score (nSPS) is 21.6. The SMILES string of the molecule is CNC(CN1CCC(C)(C)C1)(C(N)=O)c1ccccc1. The summed E-state index contributed by atoms with van der Waals surface area (Å²) in [6.07, 6.45) is 1.15. The molecule has 0 aromatic heterocycles. The average Bonchev–Trinajstić information content (AvgIpc) is 2.76. The van der Waals surface area contributed by atoms with E-state index in [9.17, 15) is 4.79 Å². The van der Waals surface area contributed by atoms with Gasteiger partial charge in [-0.2, -0.15) is 0 Å². The van der Waals surface area contributed by atoms with E-state index >= 15 is 0 Å². The molecule has 1 aliphatic rings. The summed E-state index contributed by atoms with van der Waals surface area (Å²) in [5, 5.41) is 3.17. The Morgan fingerprint density at radius 3 is 2.50 bits per heavy atom. The quantitative estimate of drug-likeness (QED) is 0.852. The van der Waals surface area contributed by atoms with Crippen LogP contribution in [0.3, 0.4) is 0 Å². The Bertz CT molecular complexity index is 472. The first-order chi connectivity index (χ1) is 9.39. The Hall–Kier alpha value is -1.39. The number of likely N-dealkylation sites (N-methyl/N-ethyl adjacent to an activating group) is 1. The molecule has 0 spiro atoms. The third-order valence-electron chi connectivity index (χ3n) is 4.33. The largest absolute Gasteiger partial charge is 0.368 e. The minimum Gasteiger partial charge on any atom is -0.368 e. The minimum absolute atomic E-state index is 0.313. The Kier molecular flexibility index (Phi) is 4.16. The lowest BCUT2D eigenvalue weighted by Crippen LogP contribution is -2.57. The van der Waals surface area contributed by atoms with Crippen LogP contribution in [0, 0.1) is 5.41 Å². The highest BCUT2D eigenvalue weighted by Gasteiger charge is 2.41. The summed E-state index contributed by atoms with van der Waals surface area (Å²) >= 11 is 0. The molecule has 0 saturated carbocycles. The van der Waals surface area contributed by atoms with Crippen LogP contribution in [0.4, 0.5) is 0 Å². The summed E-state index contributed by atoms with van der Waals surface area (Å²) in [4.78, 5) is 14.5. The van der Waals surface area contributed by atoms with Gasteiger partial charge in [-0.1, -0.05) is 44.2 Å². The average molecular weight is 275 g/mol. The summed E-state index contributed by atoms with van der Waals surface area (Å²) in [5.74, 6) is -0.323. The maximum absolute atomic E-state index is 12.1. The number of nitrogens with two attached hydrogens (primary N) is 1. The van der Waals surface area contributed by atoms with Crippen molar-refractivity contribution in [3.05, 3.63) is 35.9 Å². The molecule has 110 valence electrons. The number of amides is 1. The summed E-state index contributed by atoms with van der Waals surface area (Å²) < 4.78 is 0. The molecule has 3 N–H and O–H groups in total. The van der Waals surface area contributed by atoms with Crippen LogP contribution in [-0.4, -0.2) is 37.5 Å². The number of hydrogen-bond acceptors (Lipinski definition) is 3. The van der Waals surface area contributed by atoms with Crippen molar-refractivity contribution in [1.29, 1.82) is 0 Å². The molecule has 20 heavy (non-hydrogen) atoms. The van der Waals surface area contributed by atoms with E-state index < -0.39 is 5.54 Å². The summed E-state index contributed by atoms with van der Waals surface area (Å²) in [5.41, 5.74) is 6.16. The Labute approximate surface area is 121 Å². The molecule has 4 heteroatoms. The van der Waals surface area contributed by atoms with Crippen molar-refractivity contribution in [1.82, 2.24) is 10.2 Å². The molecule has 1 unspecified atom stereocenters. The maximum atomic E-state index is 12.1. The second-order valence-electron chi connectivity index (χ2n) is 6.51. The van der Waals surface area contributed by atoms with Crippen molar-refractivity contribution in [3.8, 4) is 0 Å². The maximum Gasteiger partial charge on any atom is 0.243 e. The highest BCUT2D eigenvalue weighted by molar-refractivity contribution is 5.86. The number of nitrogens with zero attached hydrogens (tertiary/aromatic N) is 1. The van der Waals surface area contributed by atoms with Gasteiger partial charge in [-0.05, 0) is 31.0 Å². The van der Waals surface area contributed by atoms with Gasteiger partial charge in [-0.25, -0.2) is 0 Å². The zero-order valence-electron chi connectivity index (χ0n) is 12.6. The van der Waals surface area contributed by atoms with Crippen molar-refractivity contribution in [3.63, 3.8) is 0 Å². The first-order valence-electron chi connectivity index (χ1n) is 7.16. The summed E-state index contributed by atoms with van der Waals surface area (Å²) in [6, 6.07) is 9.76. The molecule has 1 fully saturated rings. The second kappa shape index (κ2) is 5.54. The van der Waals surface area contributed by atoms with Gasteiger partial charge >= 0.3 is 0 Å². The number of primary amides is 1. The van der Waals surface area contributed by atoms with E-state index in [4.69, 9.17) is 5.73 Å². The lowest BCUT2D eigenvalue weighted by Gasteiger charge is -2.35. The molecule has 1 atom stereocenters. The van der Waals surface area contributed by atoms with E-state index in [0.717, 1.165) is 25.1 Å². The van der Waals surface area contributed by atoms with Gasteiger partial charge < -0.3 is 16.0 Å². The number of carbonyl (C=O) groups is 1. The molecule has 1 aliphatic heterocycles. The Morgan fingerprint density at radius 1 is 1.40 bits per heavy atom. The lowest BCUT2D eigenvalue weighted by molar-refractivity contribution is -0.125. The van der Waals surface area contributed by atoms with Gasteiger partial charge in [0.1, 0.15) is 5.54 Å². The molecule has 1 amide bonds. The minimum atomic E-state index is -0.818. The standard InChI is InChI=1S/C16H25N3O/c1-15(2)9-10-19(11-15)12-16(18-3,14(17)20)13-7-5-4-6-8-13/h4-8,18H,9-12H2,1-3H3,(H2,17,20). The lowest BCUT2D eigenvalue weighted by atomic mass is 9.88. The van der Waals surface area contributed by atoms with Gasteiger partial charge in [0.25, 0.3) is 0 Å². The van der Waals surface area contributed by atoms with E-state index in [2.05, 4.69) is 24.1 Å². The zero-order valence-corrected chi connectivity index (χ0v) is 12.6. The fourth-order valence-corrected chi connectivity index (χ4v) is 3.08. The second-order valence-corrected chi connectivity index (χ2v) is 6.51. The topological polar surface area (TPSA) is 58.4 Å². The molecule has 2 rings (SSSR count). The van der Waals surface area contributed by atoms with Crippen LogP contribution in [0.1, 0.15) is 25.8 Å². The predicted octanol–water partition coefficient (Wildman–Crippen LogP) is 1.32. The summed E-state index contributed by atoms with van der Waals surface area (Å²) in [6.45, 7) is 7.15. The molecule has 4 nitrogen and oxygen atoms in total. The van der Waals surface area contributed by atoms with Crippen LogP contribution in [0.25, 0.3) is 0 Å². The van der Waals surface area contributed by atoms with Crippen molar-refractivity contribution < 1.29 is 4.79 Å². The van der Waals surface area contributed by atoms with Crippen molar-refractivity contribution in [2.24, 2.45) is 11.1 Å². The van der Waals surface area contributed by atoms with Gasteiger partial charge in [0.2, 0.25) is 5.91 Å². The van der Waals surface area contributed by atoms with E-state index in [0.29, 0.717) is 12.0 Å². The summed E-state index contributed by atoms with van der Waals surface area (Å²) in [7, 11) is 1.80. The smallest absolute Gasteiger partial charge is 0.243 e. The first-order valence-corrected chi connectivity index (χ1v) is 7.16. The molecule has 1 saturated heterocycles. The number of rotatable bonds is 5. The van der Waals surface area contributed by atoms with Crippen LogP contribution in [0.2, 0.25) is 0 Å². The number of hydrogen-bond donors (Lipinski definition) is 2. The van der Waals surface area contributed by atoms with E-state index in [1.54, 1.807) is 7.05 Å². The molecule has 1 heterocycles. The van der Waals surface area contributed by atoms with Crippen LogP contribution >= 0.6 is 0 Å². The third kappa shape index (κ3) is 2.86. The van der Waals surface area contributed by atoms with Crippen molar-refractivity contribution >= 4 is 5.91 Å². The van der Waals surface area contributed by atoms with Gasteiger partial charge in [0.05, 0.1) is 0 Å². The fourth-order valence-electron chi connectivity index (χ4n) is 3.08. The van der Waals surface area contributed by atoms with Gasteiger partial charge in [0, 0.05) is 13.1 Å². The van der Waals surface area contributed by atoms with Crippen molar-refractivity contribution in [2.45, 2.75) is 25.8 Å². The molecule has 0 radical (unpaired) electrons. The highest BCUT2D eigenvalue weighted by atomic mass is 16.1. The first kappa shape index (κ1) is 15.0. The monoisotopic (exact) mass is 275 g/mol. The zero-order chi connectivity index (χ0) is 14.8. The molecule has 0 aliphatic carbocycles.